The monoisotopic (exact) mass is 319 g/mol. The van der Waals surface area contributed by atoms with Gasteiger partial charge in [0.1, 0.15) is 17.1 Å². The first-order valence-corrected chi connectivity index (χ1v) is 8.28. The molecular formula is C21H21NO2. The number of benzene rings is 3. The maximum absolute atomic E-state index is 9.74. The van der Waals surface area contributed by atoms with Gasteiger partial charge in [-0.05, 0) is 41.3 Å². The SMILES string of the molecule is CC1(Cc2cccc3ccccc23)Oc2cc(O)ccc2CC1N. The highest BCUT2D eigenvalue weighted by molar-refractivity contribution is 5.85. The normalized spacial score (nSPS) is 22.8. The molecule has 4 rings (SSSR count). The number of phenols is 1. The van der Waals surface area contributed by atoms with Gasteiger partial charge >= 0.3 is 0 Å². The molecule has 0 saturated heterocycles. The number of nitrogens with two attached hydrogens (primary N) is 1. The molecule has 0 aliphatic carbocycles. The van der Waals surface area contributed by atoms with Crippen LogP contribution in [0.3, 0.4) is 0 Å². The van der Waals surface area contributed by atoms with Gasteiger partial charge in [0.15, 0.2) is 0 Å². The highest BCUT2D eigenvalue weighted by atomic mass is 16.5. The van der Waals surface area contributed by atoms with Crippen molar-refractivity contribution in [2.45, 2.75) is 31.4 Å². The van der Waals surface area contributed by atoms with E-state index in [9.17, 15) is 5.11 Å². The molecule has 2 unspecified atom stereocenters. The average Bonchev–Trinajstić information content (AvgIpc) is 2.57. The van der Waals surface area contributed by atoms with Crippen molar-refractivity contribution in [3.8, 4) is 11.5 Å². The molecule has 3 aromatic carbocycles. The summed E-state index contributed by atoms with van der Waals surface area (Å²) < 4.78 is 6.28. The summed E-state index contributed by atoms with van der Waals surface area (Å²) in [7, 11) is 0. The summed E-state index contributed by atoms with van der Waals surface area (Å²) in [6, 6.07) is 19.9. The molecule has 2 atom stereocenters. The van der Waals surface area contributed by atoms with E-state index in [1.54, 1.807) is 12.1 Å². The second-order valence-corrected chi connectivity index (χ2v) is 6.83. The van der Waals surface area contributed by atoms with E-state index < -0.39 is 5.60 Å². The minimum absolute atomic E-state index is 0.103. The van der Waals surface area contributed by atoms with Crippen molar-refractivity contribution in [2.24, 2.45) is 5.73 Å². The first-order chi connectivity index (χ1) is 11.5. The summed E-state index contributed by atoms with van der Waals surface area (Å²) in [5.41, 5.74) is 8.24. The first kappa shape index (κ1) is 15.0. The van der Waals surface area contributed by atoms with Crippen molar-refractivity contribution in [1.82, 2.24) is 0 Å². The van der Waals surface area contributed by atoms with E-state index in [0.717, 1.165) is 24.2 Å². The summed E-state index contributed by atoms with van der Waals surface area (Å²) in [4.78, 5) is 0. The number of hydrogen-bond donors (Lipinski definition) is 2. The molecule has 3 heteroatoms. The van der Waals surface area contributed by atoms with Crippen LogP contribution in [0, 0.1) is 0 Å². The number of rotatable bonds is 2. The number of aromatic hydroxyl groups is 1. The van der Waals surface area contributed by atoms with E-state index in [2.05, 4.69) is 49.4 Å². The van der Waals surface area contributed by atoms with Crippen molar-refractivity contribution < 1.29 is 9.84 Å². The number of ether oxygens (including phenoxy) is 1. The third-order valence-corrected chi connectivity index (χ3v) is 5.04. The second kappa shape index (κ2) is 5.53. The van der Waals surface area contributed by atoms with Gasteiger partial charge in [-0.15, -0.1) is 0 Å². The lowest BCUT2D eigenvalue weighted by Gasteiger charge is -2.41. The van der Waals surface area contributed by atoms with Gasteiger partial charge < -0.3 is 15.6 Å². The summed E-state index contributed by atoms with van der Waals surface area (Å²) in [6.45, 7) is 2.06. The van der Waals surface area contributed by atoms with E-state index in [1.807, 2.05) is 6.07 Å². The van der Waals surface area contributed by atoms with E-state index in [-0.39, 0.29) is 11.8 Å². The van der Waals surface area contributed by atoms with Gasteiger partial charge in [0, 0.05) is 18.5 Å². The molecule has 0 fully saturated rings. The van der Waals surface area contributed by atoms with Gasteiger partial charge in [0.05, 0.1) is 0 Å². The van der Waals surface area contributed by atoms with Crippen LogP contribution in [0.25, 0.3) is 10.8 Å². The molecule has 24 heavy (non-hydrogen) atoms. The molecule has 1 aliphatic rings. The smallest absolute Gasteiger partial charge is 0.127 e. The van der Waals surface area contributed by atoms with Crippen molar-refractivity contribution in [1.29, 1.82) is 0 Å². The fraction of sp³-hybridized carbons (Fsp3) is 0.238. The molecule has 1 heterocycles. The number of phenolic OH excluding ortho intramolecular Hbond substituents is 1. The van der Waals surface area contributed by atoms with Crippen LogP contribution in [0.4, 0.5) is 0 Å². The molecule has 0 radical (unpaired) electrons. The Bertz CT molecular complexity index is 900. The maximum Gasteiger partial charge on any atom is 0.127 e. The van der Waals surface area contributed by atoms with Crippen LogP contribution in [0.1, 0.15) is 18.1 Å². The topological polar surface area (TPSA) is 55.5 Å². The van der Waals surface area contributed by atoms with Gasteiger partial charge in [-0.1, -0.05) is 48.5 Å². The van der Waals surface area contributed by atoms with Gasteiger partial charge in [-0.2, -0.15) is 0 Å². The molecule has 122 valence electrons. The highest BCUT2D eigenvalue weighted by Crippen LogP contribution is 2.37. The Morgan fingerprint density at radius 2 is 1.92 bits per heavy atom. The summed E-state index contributed by atoms with van der Waals surface area (Å²) in [5.74, 6) is 0.955. The summed E-state index contributed by atoms with van der Waals surface area (Å²) in [5, 5.41) is 12.2. The molecule has 3 aromatic rings. The Labute approximate surface area is 141 Å². The zero-order valence-corrected chi connectivity index (χ0v) is 13.7. The van der Waals surface area contributed by atoms with E-state index >= 15 is 0 Å². The molecule has 0 saturated carbocycles. The Hall–Kier alpha value is -2.52. The standard InChI is InChI=1S/C21H21NO2/c1-21(13-16-7-4-6-14-5-2-3-8-18(14)16)20(22)11-15-9-10-17(23)12-19(15)24-21/h2-10,12,20,23H,11,13,22H2,1H3. The van der Waals surface area contributed by atoms with Crippen molar-refractivity contribution in [3.05, 3.63) is 71.8 Å². The molecule has 0 spiro atoms. The average molecular weight is 319 g/mol. The van der Waals surface area contributed by atoms with Crippen molar-refractivity contribution in [3.63, 3.8) is 0 Å². The minimum atomic E-state index is -0.509. The van der Waals surface area contributed by atoms with Crippen LogP contribution in [0.15, 0.2) is 60.7 Å². The molecular weight excluding hydrogens is 298 g/mol. The molecule has 0 amide bonds. The zero-order chi connectivity index (χ0) is 16.7. The van der Waals surface area contributed by atoms with Crippen LogP contribution in [-0.2, 0) is 12.8 Å². The fourth-order valence-corrected chi connectivity index (χ4v) is 3.58. The minimum Gasteiger partial charge on any atom is -0.508 e. The van der Waals surface area contributed by atoms with Gasteiger partial charge in [0.25, 0.3) is 0 Å². The quantitative estimate of drug-likeness (QED) is 0.755. The van der Waals surface area contributed by atoms with E-state index in [1.165, 1.54) is 16.3 Å². The largest absolute Gasteiger partial charge is 0.508 e. The lowest BCUT2D eigenvalue weighted by molar-refractivity contribution is 0.0456. The molecule has 3 N–H and O–H groups in total. The maximum atomic E-state index is 9.74. The number of hydrogen-bond acceptors (Lipinski definition) is 3. The molecule has 0 aromatic heterocycles. The Kier molecular flexibility index (Phi) is 3.47. The second-order valence-electron chi connectivity index (χ2n) is 6.83. The van der Waals surface area contributed by atoms with Gasteiger partial charge in [-0.3, -0.25) is 0 Å². The van der Waals surface area contributed by atoms with Gasteiger partial charge in [0.2, 0.25) is 0 Å². The lowest BCUT2D eigenvalue weighted by Crippen LogP contribution is -2.55. The predicted octanol–water partition coefficient (Wildman–Crippen LogP) is 3.81. The third-order valence-electron chi connectivity index (χ3n) is 5.04. The fourth-order valence-electron chi connectivity index (χ4n) is 3.58. The van der Waals surface area contributed by atoms with Crippen molar-refractivity contribution >= 4 is 10.8 Å². The highest BCUT2D eigenvalue weighted by Gasteiger charge is 2.39. The van der Waals surface area contributed by atoms with Crippen LogP contribution in [0.2, 0.25) is 0 Å². The van der Waals surface area contributed by atoms with Gasteiger partial charge in [-0.25, -0.2) is 0 Å². The molecule has 1 aliphatic heterocycles. The zero-order valence-electron chi connectivity index (χ0n) is 13.7. The van der Waals surface area contributed by atoms with Crippen LogP contribution < -0.4 is 10.5 Å². The predicted molar refractivity (Wildman–Crippen MR) is 96.5 cm³/mol. The lowest BCUT2D eigenvalue weighted by atomic mass is 9.82. The number of fused-ring (bicyclic) bond motifs is 2. The third kappa shape index (κ3) is 2.51. The molecule has 3 nitrogen and oxygen atoms in total. The molecule has 0 bridgehead atoms. The summed E-state index contributed by atoms with van der Waals surface area (Å²) >= 11 is 0. The van der Waals surface area contributed by atoms with Crippen LogP contribution in [0.5, 0.6) is 11.5 Å². The Morgan fingerprint density at radius 3 is 2.79 bits per heavy atom. The van der Waals surface area contributed by atoms with Crippen LogP contribution >= 0.6 is 0 Å². The van der Waals surface area contributed by atoms with Crippen LogP contribution in [-0.4, -0.2) is 16.7 Å². The van der Waals surface area contributed by atoms with E-state index in [0.29, 0.717) is 0 Å². The van der Waals surface area contributed by atoms with E-state index in [4.69, 9.17) is 10.5 Å². The Balaban J connectivity index is 1.72. The first-order valence-electron chi connectivity index (χ1n) is 8.28. The van der Waals surface area contributed by atoms with Crippen molar-refractivity contribution in [2.75, 3.05) is 0 Å². The summed E-state index contributed by atoms with van der Waals surface area (Å²) in [6.07, 6.45) is 1.47. The Morgan fingerprint density at radius 1 is 1.12 bits per heavy atom.